The molecule has 110 valence electrons. The standard InChI is InChI=1S/C16H21FO3/c1-4-6-7-13-12(9-11-15(18)20-5-2)8-10-14(19-3)16(13)17/h8-11H,4-7H2,1-3H3. The second-order valence-corrected chi connectivity index (χ2v) is 4.34. The number of halogens is 1. The maximum absolute atomic E-state index is 14.3. The van der Waals surface area contributed by atoms with Gasteiger partial charge >= 0.3 is 5.97 Å². The summed E-state index contributed by atoms with van der Waals surface area (Å²) in [7, 11) is 1.44. The van der Waals surface area contributed by atoms with E-state index in [2.05, 4.69) is 0 Å². The summed E-state index contributed by atoms with van der Waals surface area (Å²) in [5.74, 6) is -0.554. The Kier molecular flexibility index (Phi) is 6.77. The van der Waals surface area contributed by atoms with Gasteiger partial charge < -0.3 is 9.47 Å². The molecular weight excluding hydrogens is 259 g/mol. The van der Waals surface area contributed by atoms with Crippen molar-refractivity contribution < 1.29 is 18.7 Å². The zero-order valence-electron chi connectivity index (χ0n) is 12.2. The lowest BCUT2D eigenvalue weighted by Gasteiger charge is -2.10. The van der Waals surface area contributed by atoms with E-state index in [0.29, 0.717) is 24.2 Å². The van der Waals surface area contributed by atoms with Gasteiger partial charge in [0.2, 0.25) is 0 Å². The monoisotopic (exact) mass is 280 g/mol. The topological polar surface area (TPSA) is 35.5 Å². The van der Waals surface area contributed by atoms with Gasteiger partial charge in [0.05, 0.1) is 13.7 Å². The Balaban J connectivity index is 3.05. The molecule has 0 aromatic heterocycles. The number of ether oxygens (including phenoxy) is 2. The Morgan fingerprint density at radius 3 is 2.70 bits per heavy atom. The van der Waals surface area contributed by atoms with E-state index in [1.54, 1.807) is 25.1 Å². The molecule has 4 heteroatoms. The highest BCUT2D eigenvalue weighted by molar-refractivity contribution is 5.87. The van der Waals surface area contributed by atoms with Gasteiger partial charge in [0, 0.05) is 6.08 Å². The summed E-state index contributed by atoms with van der Waals surface area (Å²) in [6.45, 7) is 4.11. The summed E-state index contributed by atoms with van der Waals surface area (Å²) in [6.07, 6.45) is 5.37. The molecule has 0 aliphatic heterocycles. The minimum absolute atomic E-state index is 0.226. The third-order valence-electron chi connectivity index (χ3n) is 2.93. The molecule has 0 fully saturated rings. The van der Waals surface area contributed by atoms with Crippen molar-refractivity contribution in [3.05, 3.63) is 35.2 Å². The summed E-state index contributed by atoms with van der Waals surface area (Å²) in [5, 5.41) is 0. The van der Waals surface area contributed by atoms with Gasteiger partial charge in [0.15, 0.2) is 11.6 Å². The first kappa shape index (κ1) is 16.2. The molecule has 0 saturated carbocycles. The normalized spacial score (nSPS) is 10.8. The molecule has 0 bridgehead atoms. The lowest BCUT2D eigenvalue weighted by molar-refractivity contribution is -0.137. The summed E-state index contributed by atoms with van der Waals surface area (Å²) < 4.78 is 24.1. The molecule has 1 aromatic carbocycles. The van der Waals surface area contributed by atoms with Gasteiger partial charge in [-0.25, -0.2) is 9.18 Å². The number of methoxy groups -OCH3 is 1. The summed E-state index contributed by atoms with van der Waals surface area (Å²) in [4.78, 5) is 11.3. The van der Waals surface area contributed by atoms with Crippen LogP contribution < -0.4 is 4.74 Å². The Labute approximate surface area is 119 Å². The second-order valence-electron chi connectivity index (χ2n) is 4.34. The van der Waals surface area contributed by atoms with Gasteiger partial charge in [0.25, 0.3) is 0 Å². The molecule has 0 aliphatic carbocycles. The second kappa shape index (κ2) is 8.35. The molecule has 0 atom stereocenters. The van der Waals surface area contributed by atoms with E-state index in [4.69, 9.17) is 9.47 Å². The first-order chi connectivity index (χ1) is 9.63. The van der Waals surface area contributed by atoms with E-state index >= 15 is 0 Å². The lowest BCUT2D eigenvalue weighted by Crippen LogP contribution is -2.01. The van der Waals surface area contributed by atoms with Crippen LogP contribution in [0.4, 0.5) is 4.39 Å². The predicted octanol–water partition coefficient (Wildman–Crippen LogP) is 3.75. The summed E-state index contributed by atoms with van der Waals surface area (Å²) in [5.41, 5.74) is 1.26. The molecule has 0 spiro atoms. The first-order valence-corrected chi connectivity index (χ1v) is 6.84. The molecule has 1 rings (SSSR count). The van der Waals surface area contributed by atoms with E-state index in [1.807, 2.05) is 6.92 Å². The van der Waals surface area contributed by atoms with E-state index in [1.165, 1.54) is 13.2 Å². The van der Waals surface area contributed by atoms with Crippen molar-refractivity contribution in [1.82, 2.24) is 0 Å². The van der Waals surface area contributed by atoms with Gasteiger partial charge in [-0.1, -0.05) is 19.4 Å². The van der Waals surface area contributed by atoms with E-state index < -0.39 is 5.97 Å². The number of benzene rings is 1. The lowest BCUT2D eigenvalue weighted by atomic mass is 10.0. The van der Waals surface area contributed by atoms with E-state index in [-0.39, 0.29) is 11.6 Å². The van der Waals surface area contributed by atoms with Crippen LogP contribution in [-0.4, -0.2) is 19.7 Å². The molecule has 20 heavy (non-hydrogen) atoms. The van der Waals surface area contributed by atoms with Crippen LogP contribution in [0.15, 0.2) is 18.2 Å². The number of carbonyl (C=O) groups is 1. The molecule has 0 heterocycles. The van der Waals surface area contributed by atoms with E-state index in [9.17, 15) is 9.18 Å². The Morgan fingerprint density at radius 2 is 2.10 bits per heavy atom. The number of hydrogen-bond acceptors (Lipinski definition) is 3. The first-order valence-electron chi connectivity index (χ1n) is 6.84. The van der Waals surface area contributed by atoms with Crippen LogP contribution in [0.5, 0.6) is 5.75 Å². The Bertz CT molecular complexity index is 481. The zero-order chi connectivity index (χ0) is 15.0. The number of hydrogen-bond donors (Lipinski definition) is 0. The van der Waals surface area contributed by atoms with Gasteiger partial charge in [-0.3, -0.25) is 0 Å². The average molecular weight is 280 g/mol. The van der Waals surface area contributed by atoms with Gasteiger partial charge in [0.1, 0.15) is 0 Å². The predicted molar refractivity (Wildman–Crippen MR) is 77.2 cm³/mol. The molecule has 0 saturated heterocycles. The molecule has 3 nitrogen and oxygen atoms in total. The molecule has 0 amide bonds. The van der Waals surface area contributed by atoms with Crippen LogP contribution in [0.25, 0.3) is 6.08 Å². The van der Waals surface area contributed by atoms with Gasteiger partial charge in [-0.2, -0.15) is 0 Å². The minimum Gasteiger partial charge on any atom is -0.494 e. The Hall–Kier alpha value is -1.84. The third kappa shape index (κ3) is 4.37. The van der Waals surface area contributed by atoms with Crippen LogP contribution in [0, 0.1) is 5.82 Å². The minimum atomic E-state index is -0.426. The molecule has 0 unspecified atom stereocenters. The van der Waals surface area contributed by atoms with Gasteiger partial charge in [-0.15, -0.1) is 0 Å². The van der Waals surface area contributed by atoms with Crippen molar-refractivity contribution in [2.75, 3.05) is 13.7 Å². The van der Waals surface area contributed by atoms with Crippen molar-refractivity contribution in [2.24, 2.45) is 0 Å². The fourth-order valence-electron chi connectivity index (χ4n) is 1.88. The van der Waals surface area contributed by atoms with Crippen LogP contribution in [-0.2, 0) is 16.0 Å². The number of esters is 1. The van der Waals surface area contributed by atoms with Crippen molar-refractivity contribution in [3.63, 3.8) is 0 Å². The van der Waals surface area contributed by atoms with Crippen molar-refractivity contribution in [1.29, 1.82) is 0 Å². The largest absolute Gasteiger partial charge is 0.494 e. The van der Waals surface area contributed by atoms with Crippen LogP contribution in [0.3, 0.4) is 0 Å². The highest BCUT2D eigenvalue weighted by Crippen LogP contribution is 2.26. The smallest absolute Gasteiger partial charge is 0.330 e. The van der Waals surface area contributed by atoms with Crippen LogP contribution >= 0.6 is 0 Å². The Morgan fingerprint density at radius 1 is 1.35 bits per heavy atom. The average Bonchev–Trinajstić information content (AvgIpc) is 2.44. The number of unbranched alkanes of at least 4 members (excludes halogenated alkanes) is 1. The third-order valence-corrected chi connectivity index (χ3v) is 2.93. The van der Waals surface area contributed by atoms with Crippen LogP contribution in [0.2, 0.25) is 0 Å². The van der Waals surface area contributed by atoms with Crippen molar-refractivity contribution >= 4 is 12.0 Å². The molecule has 0 aliphatic rings. The number of rotatable bonds is 7. The molecule has 0 radical (unpaired) electrons. The summed E-state index contributed by atoms with van der Waals surface area (Å²) >= 11 is 0. The fourth-order valence-corrected chi connectivity index (χ4v) is 1.88. The molecular formula is C16H21FO3. The van der Waals surface area contributed by atoms with Gasteiger partial charge in [-0.05, 0) is 43.0 Å². The molecule has 1 aromatic rings. The van der Waals surface area contributed by atoms with E-state index in [0.717, 1.165) is 12.8 Å². The maximum atomic E-state index is 14.3. The van der Waals surface area contributed by atoms with Crippen molar-refractivity contribution in [3.8, 4) is 5.75 Å². The quantitative estimate of drug-likeness (QED) is 0.563. The van der Waals surface area contributed by atoms with Crippen molar-refractivity contribution in [2.45, 2.75) is 33.1 Å². The van der Waals surface area contributed by atoms with Crippen LogP contribution in [0.1, 0.15) is 37.8 Å². The highest BCUT2D eigenvalue weighted by atomic mass is 19.1. The molecule has 0 N–H and O–H groups in total. The zero-order valence-corrected chi connectivity index (χ0v) is 12.2. The highest BCUT2D eigenvalue weighted by Gasteiger charge is 2.12. The maximum Gasteiger partial charge on any atom is 0.330 e. The number of carbonyl (C=O) groups excluding carboxylic acids is 1. The fraction of sp³-hybridized carbons (Fsp3) is 0.438. The summed E-state index contributed by atoms with van der Waals surface area (Å²) in [6, 6.07) is 3.32. The SMILES string of the molecule is CCCCc1c(C=CC(=O)OCC)ccc(OC)c1F.